The Labute approximate surface area is 105 Å². The zero-order valence-electron chi connectivity index (χ0n) is 8.11. The Morgan fingerprint density at radius 1 is 1.44 bits per heavy atom. The predicted molar refractivity (Wildman–Crippen MR) is 62.7 cm³/mol. The first kappa shape index (κ1) is 10.2. The van der Waals surface area contributed by atoms with Crippen molar-refractivity contribution < 1.29 is 9.26 Å². The molecule has 0 bridgehead atoms. The van der Waals surface area contributed by atoms with Crippen LogP contribution in [-0.2, 0) is 6.42 Å². The Morgan fingerprint density at radius 3 is 3.06 bits per heavy atom. The second-order valence-corrected chi connectivity index (χ2v) is 4.90. The number of fused-ring (bicyclic) bond motifs is 1. The van der Waals surface area contributed by atoms with Crippen LogP contribution in [-0.4, -0.2) is 5.16 Å². The average molecular weight is 301 g/mol. The van der Waals surface area contributed by atoms with Crippen LogP contribution in [0.1, 0.15) is 17.4 Å². The minimum atomic E-state index is -0.0801. The van der Waals surface area contributed by atoms with Gasteiger partial charge in [0.1, 0.15) is 23.8 Å². The van der Waals surface area contributed by atoms with Gasteiger partial charge in [-0.25, -0.2) is 0 Å². The summed E-state index contributed by atoms with van der Waals surface area (Å²) in [5.74, 6) is 0.845. The van der Waals surface area contributed by atoms with Gasteiger partial charge in [-0.05, 0) is 28.1 Å². The summed E-state index contributed by atoms with van der Waals surface area (Å²) in [6.07, 6.45) is 2.23. The van der Waals surface area contributed by atoms with Crippen molar-refractivity contribution in [1.82, 2.24) is 5.16 Å². The quantitative estimate of drug-likeness (QED) is 0.804. The van der Waals surface area contributed by atoms with Gasteiger partial charge in [-0.3, -0.25) is 0 Å². The van der Waals surface area contributed by atoms with E-state index < -0.39 is 0 Å². The van der Waals surface area contributed by atoms with Crippen LogP contribution in [0.2, 0.25) is 5.02 Å². The summed E-state index contributed by atoms with van der Waals surface area (Å²) in [6.45, 7) is 0. The lowest BCUT2D eigenvalue weighted by Crippen LogP contribution is -2.03. The van der Waals surface area contributed by atoms with E-state index >= 15 is 0 Å². The lowest BCUT2D eigenvalue weighted by molar-refractivity contribution is 0.224. The van der Waals surface area contributed by atoms with Gasteiger partial charge in [0.05, 0.1) is 4.47 Å². The molecule has 82 valence electrons. The summed E-state index contributed by atoms with van der Waals surface area (Å²) in [5.41, 5.74) is 1.89. The van der Waals surface area contributed by atoms with Crippen molar-refractivity contribution in [1.29, 1.82) is 0 Å². The van der Waals surface area contributed by atoms with Gasteiger partial charge in [-0.15, -0.1) is 0 Å². The molecule has 0 aliphatic carbocycles. The molecule has 0 spiro atoms. The van der Waals surface area contributed by atoms with Crippen LogP contribution in [0.15, 0.2) is 33.5 Å². The predicted octanol–water partition coefficient (Wildman–Crippen LogP) is 3.77. The average Bonchev–Trinajstić information content (AvgIpc) is 2.82. The third-order valence-electron chi connectivity index (χ3n) is 2.54. The Morgan fingerprint density at radius 2 is 2.31 bits per heavy atom. The highest BCUT2D eigenvalue weighted by Crippen LogP contribution is 2.42. The highest BCUT2D eigenvalue weighted by atomic mass is 79.9. The first-order chi connectivity index (χ1) is 7.74. The van der Waals surface area contributed by atoms with Crippen LogP contribution < -0.4 is 4.74 Å². The van der Waals surface area contributed by atoms with Gasteiger partial charge >= 0.3 is 0 Å². The highest BCUT2D eigenvalue weighted by molar-refractivity contribution is 9.10. The van der Waals surface area contributed by atoms with E-state index in [1.807, 2.05) is 18.2 Å². The zero-order valence-corrected chi connectivity index (χ0v) is 10.5. The van der Waals surface area contributed by atoms with Crippen molar-refractivity contribution in [3.05, 3.63) is 45.2 Å². The first-order valence-electron chi connectivity index (χ1n) is 4.79. The van der Waals surface area contributed by atoms with E-state index in [4.69, 9.17) is 20.9 Å². The van der Waals surface area contributed by atoms with Crippen LogP contribution >= 0.6 is 27.5 Å². The molecule has 0 amide bonds. The molecule has 3 nitrogen and oxygen atoms in total. The van der Waals surface area contributed by atoms with Crippen molar-refractivity contribution in [3.63, 3.8) is 0 Å². The Hall–Kier alpha value is -1.00. The molecule has 1 aromatic carbocycles. The Balaban J connectivity index is 1.98. The van der Waals surface area contributed by atoms with Gasteiger partial charge in [0, 0.05) is 23.1 Å². The summed E-state index contributed by atoms with van der Waals surface area (Å²) in [4.78, 5) is 0. The second kappa shape index (κ2) is 3.79. The normalized spacial score (nSPS) is 18.2. The molecule has 1 aliphatic heterocycles. The first-order valence-corrected chi connectivity index (χ1v) is 5.96. The minimum absolute atomic E-state index is 0.0801. The monoisotopic (exact) mass is 299 g/mol. The summed E-state index contributed by atoms with van der Waals surface area (Å²) >= 11 is 9.42. The molecule has 0 fully saturated rings. The van der Waals surface area contributed by atoms with Crippen molar-refractivity contribution >= 4 is 27.5 Å². The summed E-state index contributed by atoms with van der Waals surface area (Å²) in [5, 5.41) is 4.59. The van der Waals surface area contributed by atoms with Crippen molar-refractivity contribution in [3.8, 4) is 5.75 Å². The van der Waals surface area contributed by atoms with E-state index in [2.05, 4.69) is 21.1 Å². The molecule has 0 saturated heterocycles. The maximum Gasteiger partial charge on any atom is 0.148 e. The van der Waals surface area contributed by atoms with Gasteiger partial charge in [-0.2, -0.15) is 0 Å². The molecular formula is C11H7BrClNO2. The van der Waals surface area contributed by atoms with E-state index in [9.17, 15) is 0 Å². The number of rotatable bonds is 1. The number of halogens is 2. The third-order valence-corrected chi connectivity index (χ3v) is 3.35. The zero-order chi connectivity index (χ0) is 11.1. The van der Waals surface area contributed by atoms with E-state index in [0.717, 1.165) is 27.9 Å². The molecule has 5 heteroatoms. The lowest BCUT2D eigenvalue weighted by Gasteiger charge is -2.07. The molecule has 16 heavy (non-hydrogen) atoms. The number of hydrogen-bond acceptors (Lipinski definition) is 3. The molecule has 0 radical (unpaired) electrons. The topological polar surface area (TPSA) is 35.3 Å². The van der Waals surface area contributed by atoms with E-state index in [0.29, 0.717) is 5.02 Å². The highest BCUT2D eigenvalue weighted by Gasteiger charge is 2.28. The molecule has 2 aromatic rings. The minimum Gasteiger partial charge on any atom is -0.482 e. The van der Waals surface area contributed by atoms with Crippen molar-refractivity contribution in [2.75, 3.05) is 0 Å². The summed E-state index contributed by atoms with van der Waals surface area (Å²) in [7, 11) is 0. The van der Waals surface area contributed by atoms with Gasteiger partial charge in [0.15, 0.2) is 0 Å². The fourth-order valence-corrected chi connectivity index (χ4v) is 2.80. The van der Waals surface area contributed by atoms with Crippen LogP contribution in [0.4, 0.5) is 0 Å². The van der Waals surface area contributed by atoms with E-state index in [1.165, 1.54) is 0 Å². The van der Waals surface area contributed by atoms with Gasteiger partial charge < -0.3 is 9.26 Å². The number of ether oxygens (including phenoxy) is 1. The number of aromatic nitrogens is 1. The summed E-state index contributed by atoms with van der Waals surface area (Å²) in [6, 6.07) is 5.55. The number of benzene rings is 1. The third kappa shape index (κ3) is 1.62. The molecule has 1 unspecified atom stereocenters. The van der Waals surface area contributed by atoms with Crippen LogP contribution in [0.3, 0.4) is 0 Å². The number of hydrogen-bond donors (Lipinski definition) is 0. The van der Waals surface area contributed by atoms with Crippen molar-refractivity contribution in [2.24, 2.45) is 0 Å². The van der Waals surface area contributed by atoms with E-state index in [-0.39, 0.29) is 6.10 Å². The Kier molecular flexibility index (Phi) is 2.41. The second-order valence-electron chi connectivity index (χ2n) is 3.61. The van der Waals surface area contributed by atoms with Crippen LogP contribution in [0, 0.1) is 0 Å². The standard InChI is InChI=1S/C11H7BrClNO2/c12-8-5-7(13)3-6-4-10(16-11(6)8)9-1-2-15-14-9/h1-3,5,10H,4H2. The smallest absolute Gasteiger partial charge is 0.148 e. The van der Waals surface area contributed by atoms with E-state index in [1.54, 1.807) is 6.26 Å². The van der Waals surface area contributed by atoms with Gasteiger partial charge in [-0.1, -0.05) is 16.8 Å². The molecule has 3 rings (SSSR count). The molecule has 1 aromatic heterocycles. The Bertz CT molecular complexity index is 527. The molecule has 0 N–H and O–H groups in total. The fraction of sp³-hybridized carbons (Fsp3) is 0.182. The molecule has 2 heterocycles. The maximum absolute atomic E-state index is 5.98. The fourth-order valence-electron chi connectivity index (χ4n) is 1.83. The van der Waals surface area contributed by atoms with Crippen LogP contribution in [0.5, 0.6) is 5.75 Å². The molecule has 1 aliphatic rings. The number of nitrogens with zero attached hydrogens (tertiary/aromatic N) is 1. The molecule has 0 saturated carbocycles. The molecule has 1 atom stereocenters. The van der Waals surface area contributed by atoms with Crippen molar-refractivity contribution in [2.45, 2.75) is 12.5 Å². The largest absolute Gasteiger partial charge is 0.482 e. The van der Waals surface area contributed by atoms with Crippen LogP contribution in [0.25, 0.3) is 0 Å². The van der Waals surface area contributed by atoms with Gasteiger partial charge in [0.2, 0.25) is 0 Å². The maximum atomic E-state index is 5.98. The SMILES string of the molecule is Clc1cc(Br)c2c(c1)CC(c1ccon1)O2. The summed E-state index contributed by atoms with van der Waals surface area (Å²) < 4.78 is 11.5. The lowest BCUT2D eigenvalue weighted by atomic mass is 10.1. The molecular weight excluding hydrogens is 293 g/mol. The van der Waals surface area contributed by atoms with Gasteiger partial charge in [0.25, 0.3) is 0 Å².